The number of rotatable bonds is 4. The highest BCUT2D eigenvalue weighted by molar-refractivity contribution is 5.93. The van der Waals surface area contributed by atoms with Crippen LogP contribution in [0.4, 0.5) is 5.69 Å². The van der Waals surface area contributed by atoms with Gasteiger partial charge in [0.1, 0.15) is 6.54 Å². The van der Waals surface area contributed by atoms with Crippen LogP contribution in [0.2, 0.25) is 0 Å². The van der Waals surface area contributed by atoms with E-state index in [0.717, 1.165) is 5.69 Å². The van der Waals surface area contributed by atoms with Gasteiger partial charge in [0.05, 0.1) is 17.5 Å². The molecule has 1 aromatic heterocycles. The maximum absolute atomic E-state index is 11.8. The number of benzene rings is 1. The van der Waals surface area contributed by atoms with Gasteiger partial charge in [-0.25, -0.2) is 9.48 Å². The van der Waals surface area contributed by atoms with Crippen LogP contribution < -0.4 is 5.32 Å². The van der Waals surface area contributed by atoms with Crippen molar-refractivity contribution >= 4 is 17.6 Å². The van der Waals surface area contributed by atoms with Crippen molar-refractivity contribution in [2.45, 2.75) is 13.5 Å². The van der Waals surface area contributed by atoms with Gasteiger partial charge in [-0.3, -0.25) is 4.79 Å². The molecule has 1 aromatic carbocycles. The van der Waals surface area contributed by atoms with Crippen LogP contribution in [0.3, 0.4) is 0 Å². The molecular formula is C12H12N4O3. The molecule has 0 bridgehead atoms. The Morgan fingerprint density at radius 2 is 2.21 bits per heavy atom. The van der Waals surface area contributed by atoms with E-state index in [1.54, 1.807) is 25.3 Å². The van der Waals surface area contributed by atoms with Crippen molar-refractivity contribution in [3.8, 4) is 0 Å². The fourth-order valence-electron chi connectivity index (χ4n) is 1.53. The average Bonchev–Trinajstić information content (AvgIpc) is 2.75. The molecule has 2 rings (SSSR count). The molecular weight excluding hydrogens is 248 g/mol. The number of carbonyl (C=O) groups excluding carboxylic acids is 1. The highest BCUT2D eigenvalue weighted by atomic mass is 16.4. The SMILES string of the molecule is Cc1cnnn1CC(=O)Nc1cccc(C(=O)O)c1. The summed E-state index contributed by atoms with van der Waals surface area (Å²) in [5.74, 6) is -1.33. The molecule has 1 heterocycles. The molecule has 1 amide bonds. The molecule has 2 N–H and O–H groups in total. The van der Waals surface area contributed by atoms with Gasteiger partial charge in [-0.2, -0.15) is 0 Å². The minimum atomic E-state index is -1.04. The summed E-state index contributed by atoms with van der Waals surface area (Å²) < 4.78 is 1.45. The lowest BCUT2D eigenvalue weighted by atomic mass is 10.2. The second kappa shape index (κ2) is 5.30. The first-order valence-corrected chi connectivity index (χ1v) is 5.54. The molecule has 0 saturated heterocycles. The Hall–Kier alpha value is -2.70. The van der Waals surface area contributed by atoms with E-state index >= 15 is 0 Å². The molecule has 0 spiro atoms. The predicted octanol–water partition coefficient (Wildman–Crippen LogP) is 0.923. The molecule has 0 radical (unpaired) electrons. The molecule has 0 aliphatic rings. The largest absolute Gasteiger partial charge is 0.478 e. The van der Waals surface area contributed by atoms with E-state index in [-0.39, 0.29) is 18.0 Å². The molecule has 0 saturated carbocycles. The molecule has 19 heavy (non-hydrogen) atoms. The summed E-state index contributed by atoms with van der Waals surface area (Å²) in [6.45, 7) is 1.82. The predicted molar refractivity (Wildman–Crippen MR) is 66.8 cm³/mol. The minimum Gasteiger partial charge on any atom is -0.478 e. The minimum absolute atomic E-state index is 0.0309. The third-order valence-electron chi connectivity index (χ3n) is 2.50. The molecule has 0 aliphatic carbocycles. The first-order valence-electron chi connectivity index (χ1n) is 5.54. The summed E-state index contributed by atoms with van der Waals surface area (Å²) in [6.07, 6.45) is 1.55. The maximum Gasteiger partial charge on any atom is 0.335 e. The number of aryl methyl sites for hydroxylation is 1. The number of aromatic carboxylic acids is 1. The summed E-state index contributed by atoms with van der Waals surface area (Å²) in [6, 6.07) is 6.05. The molecule has 0 fully saturated rings. The summed E-state index contributed by atoms with van der Waals surface area (Å²) in [5.41, 5.74) is 1.33. The second-order valence-electron chi connectivity index (χ2n) is 3.97. The summed E-state index contributed by atoms with van der Waals surface area (Å²) in [7, 11) is 0. The molecule has 7 nitrogen and oxygen atoms in total. The zero-order chi connectivity index (χ0) is 13.8. The number of nitrogens with zero attached hydrogens (tertiary/aromatic N) is 3. The van der Waals surface area contributed by atoms with Gasteiger partial charge in [0.15, 0.2) is 0 Å². The first-order chi connectivity index (χ1) is 9.06. The molecule has 0 atom stereocenters. The van der Waals surface area contributed by atoms with E-state index in [1.165, 1.54) is 16.8 Å². The highest BCUT2D eigenvalue weighted by Gasteiger charge is 2.08. The average molecular weight is 260 g/mol. The van der Waals surface area contributed by atoms with Gasteiger partial charge in [-0.1, -0.05) is 11.3 Å². The normalized spacial score (nSPS) is 10.2. The highest BCUT2D eigenvalue weighted by Crippen LogP contribution is 2.10. The number of aromatic nitrogens is 3. The Kier molecular flexibility index (Phi) is 3.56. The van der Waals surface area contributed by atoms with Gasteiger partial charge in [0, 0.05) is 5.69 Å². The second-order valence-corrected chi connectivity index (χ2v) is 3.97. The van der Waals surface area contributed by atoms with Crippen LogP contribution in [0.1, 0.15) is 16.1 Å². The van der Waals surface area contributed by atoms with Crippen LogP contribution in [0.15, 0.2) is 30.5 Å². The fraction of sp³-hybridized carbons (Fsp3) is 0.167. The molecule has 2 aromatic rings. The lowest BCUT2D eigenvalue weighted by Gasteiger charge is -2.06. The number of amides is 1. The number of anilines is 1. The van der Waals surface area contributed by atoms with Gasteiger partial charge in [0.2, 0.25) is 5.91 Å². The number of hydrogen-bond acceptors (Lipinski definition) is 4. The van der Waals surface area contributed by atoms with Gasteiger partial charge < -0.3 is 10.4 Å². The van der Waals surface area contributed by atoms with Crippen molar-refractivity contribution in [2.24, 2.45) is 0 Å². The van der Waals surface area contributed by atoms with Crippen molar-refractivity contribution in [1.29, 1.82) is 0 Å². The first kappa shape index (κ1) is 12.7. The lowest BCUT2D eigenvalue weighted by Crippen LogP contribution is -2.20. The third-order valence-corrected chi connectivity index (χ3v) is 2.50. The zero-order valence-electron chi connectivity index (χ0n) is 10.2. The topological polar surface area (TPSA) is 97.1 Å². The number of hydrogen-bond donors (Lipinski definition) is 2. The van der Waals surface area contributed by atoms with Gasteiger partial charge >= 0.3 is 5.97 Å². The number of carboxylic acid groups (broad SMARTS) is 1. The quantitative estimate of drug-likeness (QED) is 0.852. The third kappa shape index (κ3) is 3.15. The van der Waals surface area contributed by atoms with Crippen LogP contribution >= 0.6 is 0 Å². The van der Waals surface area contributed by atoms with Crippen molar-refractivity contribution < 1.29 is 14.7 Å². The van der Waals surface area contributed by atoms with Gasteiger partial charge in [0.25, 0.3) is 0 Å². The van der Waals surface area contributed by atoms with Crippen LogP contribution in [-0.4, -0.2) is 32.0 Å². The number of carbonyl (C=O) groups is 2. The van der Waals surface area contributed by atoms with Crippen LogP contribution in [-0.2, 0) is 11.3 Å². The van der Waals surface area contributed by atoms with E-state index in [2.05, 4.69) is 15.6 Å². The molecule has 0 unspecified atom stereocenters. The summed E-state index contributed by atoms with van der Waals surface area (Å²) in [5, 5.41) is 18.9. The lowest BCUT2D eigenvalue weighted by molar-refractivity contribution is -0.117. The van der Waals surface area contributed by atoms with Crippen molar-refractivity contribution in [2.75, 3.05) is 5.32 Å². The monoisotopic (exact) mass is 260 g/mol. The number of nitrogens with one attached hydrogen (secondary N) is 1. The van der Waals surface area contributed by atoms with Crippen LogP contribution in [0.25, 0.3) is 0 Å². The zero-order valence-corrected chi connectivity index (χ0v) is 10.2. The molecule has 0 aliphatic heterocycles. The van der Waals surface area contributed by atoms with Crippen molar-refractivity contribution in [3.05, 3.63) is 41.7 Å². The van der Waals surface area contributed by atoms with Gasteiger partial charge in [-0.15, -0.1) is 5.10 Å². The Balaban J connectivity index is 2.05. The Bertz CT molecular complexity index is 621. The fourth-order valence-corrected chi connectivity index (χ4v) is 1.53. The van der Waals surface area contributed by atoms with E-state index < -0.39 is 5.97 Å². The van der Waals surface area contributed by atoms with E-state index in [4.69, 9.17) is 5.11 Å². The Labute approximate surface area is 108 Å². The van der Waals surface area contributed by atoms with Crippen molar-refractivity contribution in [1.82, 2.24) is 15.0 Å². The van der Waals surface area contributed by atoms with Crippen molar-refractivity contribution in [3.63, 3.8) is 0 Å². The van der Waals surface area contributed by atoms with E-state index in [1.807, 2.05) is 0 Å². The summed E-state index contributed by atoms with van der Waals surface area (Å²) in [4.78, 5) is 22.6. The maximum atomic E-state index is 11.8. The van der Waals surface area contributed by atoms with Crippen LogP contribution in [0, 0.1) is 6.92 Å². The molecule has 7 heteroatoms. The van der Waals surface area contributed by atoms with Crippen LogP contribution in [0.5, 0.6) is 0 Å². The summed E-state index contributed by atoms with van der Waals surface area (Å²) >= 11 is 0. The Morgan fingerprint density at radius 3 is 2.84 bits per heavy atom. The Morgan fingerprint density at radius 1 is 1.42 bits per heavy atom. The van der Waals surface area contributed by atoms with Gasteiger partial charge in [-0.05, 0) is 25.1 Å². The standard InChI is InChI=1S/C12H12N4O3/c1-8-6-13-15-16(8)7-11(17)14-10-4-2-3-9(5-10)12(18)19/h2-6H,7H2,1H3,(H,14,17)(H,18,19). The smallest absolute Gasteiger partial charge is 0.335 e. The number of carboxylic acids is 1. The molecule has 98 valence electrons. The van der Waals surface area contributed by atoms with E-state index in [9.17, 15) is 9.59 Å². The van der Waals surface area contributed by atoms with E-state index in [0.29, 0.717) is 5.69 Å².